The molecular formula is C18H18N4O2. The third-order valence-electron chi connectivity index (χ3n) is 3.77. The van der Waals surface area contributed by atoms with E-state index in [2.05, 4.69) is 15.5 Å². The van der Waals surface area contributed by atoms with E-state index in [4.69, 9.17) is 10.3 Å². The van der Waals surface area contributed by atoms with Gasteiger partial charge in [0.1, 0.15) is 0 Å². The van der Waals surface area contributed by atoms with Gasteiger partial charge in [0.25, 0.3) is 0 Å². The highest BCUT2D eigenvalue weighted by atomic mass is 16.5. The molecule has 0 fully saturated rings. The zero-order valence-corrected chi connectivity index (χ0v) is 13.5. The summed E-state index contributed by atoms with van der Waals surface area (Å²) >= 11 is 0. The second-order valence-corrected chi connectivity index (χ2v) is 5.58. The summed E-state index contributed by atoms with van der Waals surface area (Å²) in [5.74, 6) is 0.573. The molecule has 1 aromatic heterocycles. The molecule has 0 saturated carbocycles. The fourth-order valence-electron chi connectivity index (χ4n) is 2.49. The Balaban J connectivity index is 1.75. The van der Waals surface area contributed by atoms with Crippen LogP contribution in [0.2, 0.25) is 0 Å². The summed E-state index contributed by atoms with van der Waals surface area (Å²) in [4.78, 5) is 15.8. The number of hydrogen-bond acceptors (Lipinski definition) is 5. The SMILES string of the molecule is Cc1cccc(-c2noc(CNc3cccc(C(N)=O)c3C)n2)c1. The molecule has 0 aliphatic carbocycles. The maximum Gasteiger partial charge on any atom is 0.249 e. The molecule has 2 aromatic carbocycles. The number of aromatic nitrogens is 2. The van der Waals surface area contributed by atoms with E-state index in [0.29, 0.717) is 23.8 Å². The number of carbonyl (C=O) groups is 1. The van der Waals surface area contributed by atoms with Crippen LogP contribution in [0.3, 0.4) is 0 Å². The Morgan fingerprint density at radius 1 is 1.21 bits per heavy atom. The zero-order valence-electron chi connectivity index (χ0n) is 13.5. The number of nitrogens with zero attached hydrogens (tertiary/aromatic N) is 2. The molecule has 3 aromatic rings. The normalized spacial score (nSPS) is 10.6. The number of anilines is 1. The average Bonchev–Trinajstić information content (AvgIpc) is 3.02. The van der Waals surface area contributed by atoms with Gasteiger partial charge >= 0.3 is 0 Å². The monoisotopic (exact) mass is 322 g/mol. The van der Waals surface area contributed by atoms with E-state index in [9.17, 15) is 4.79 Å². The molecule has 24 heavy (non-hydrogen) atoms. The van der Waals surface area contributed by atoms with Gasteiger partial charge in [0.15, 0.2) is 0 Å². The lowest BCUT2D eigenvalue weighted by Gasteiger charge is -2.09. The van der Waals surface area contributed by atoms with Gasteiger partial charge in [-0.1, -0.05) is 35.0 Å². The third-order valence-corrected chi connectivity index (χ3v) is 3.77. The van der Waals surface area contributed by atoms with Crippen LogP contribution in [0, 0.1) is 13.8 Å². The minimum absolute atomic E-state index is 0.363. The summed E-state index contributed by atoms with van der Waals surface area (Å²) in [5, 5.41) is 7.20. The summed E-state index contributed by atoms with van der Waals surface area (Å²) in [6.45, 7) is 4.22. The lowest BCUT2D eigenvalue weighted by atomic mass is 10.1. The molecule has 0 aliphatic rings. The Hall–Kier alpha value is -3.15. The second kappa shape index (κ2) is 6.54. The molecule has 0 atom stereocenters. The van der Waals surface area contributed by atoms with Gasteiger partial charge in [-0.2, -0.15) is 4.98 Å². The minimum Gasteiger partial charge on any atom is -0.376 e. The molecule has 0 radical (unpaired) electrons. The van der Waals surface area contributed by atoms with Crippen LogP contribution in [0.1, 0.15) is 27.4 Å². The number of aryl methyl sites for hydroxylation is 1. The van der Waals surface area contributed by atoms with E-state index in [1.54, 1.807) is 12.1 Å². The van der Waals surface area contributed by atoms with Crippen LogP contribution in [-0.4, -0.2) is 16.0 Å². The number of nitrogens with two attached hydrogens (primary N) is 1. The average molecular weight is 322 g/mol. The highest BCUT2D eigenvalue weighted by Crippen LogP contribution is 2.20. The first-order valence-electron chi connectivity index (χ1n) is 7.57. The van der Waals surface area contributed by atoms with E-state index in [1.165, 1.54) is 0 Å². The van der Waals surface area contributed by atoms with Gasteiger partial charge in [-0.25, -0.2) is 0 Å². The highest BCUT2D eigenvalue weighted by molar-refractivity contribution is 5.95. The molecule has 0 saturated heterocycles. The molecule has 6 nitrogen and oxygen atoms in total. The summed E-state index contributed by atoms with van der Waals surface area (Å²) in [6, 6.07) is 13.3. The van der Waals surface area contributed by atoms with Crippen molar-refractivity contribution in [1.82, 2.24) is 10.1 Å². The number of carbonyl (C=O) groups excluding carboxylic acids is 1. The maximum atomic E-state index is 11.4. The Morgan fingerprint density at radius 2 is 2.00 bits per heavy atom. The van der Waals surface area contributed by atoms with Gasteiger partial charge in [-0.05, 0) is 37.6 Å². The molecule has 122 valence electrons. The fraction of sp³-hybridized carbons (Fsp3) is 0.167. The van der Waals surface area contributed by atoms with E-state index in [0.717, 1.165) is 22.4 Å². The number of nitrogens with one attached hydrogen (secondary N) is 1. The third kappa shape index (κ3) is 3.27. The van der Waals surface area contributed by atoms with Crippen molar-refractivity contribution in [3.05, 3.63) is 65.0 Å². The van der Waals surface area contributed by atoms with Crippen molar-refractivity contribution in [2.45, 2.75) is 20.4 Å². The lowest BCUT2D eigenvalue weighted by molar-refractivity contribution is 0.1000. The van der Waals surface area contributed by atoms with Gasteiger partial charge in [0, 0.05) is 16.8 Å². The Labute approximate surface area is 139 Å². The molecule has 6 heteroatoms. The second-order valence-electron chi connectivity index (χ2n) is 5.58. The van der Waals surface area contributed by atoms with Gasteiger partial charge in [0.2, 0.25) is 17.6 Å². The zero-order chi connectivity index (χ0) is 17.1. The van der Waals surface area contributed by atoms with Crippen LogP contribution in [0.25, 0.3) is 11.4 Å². The first-order chi connectivity index (χ1) is 11.5. The van der Waals surface area contributed by atoms with Crippen LogP contribution in [0.5, 0.6) is 0 Å². The van der Waals surface area contributed by atoms with Crippen LogP contribution in [0.15, 0.2) is 47.0 Å². The summed E-state index contributed by atoms with van der Waals surface area (Å²) in [6.07, 6.45) is 0. The van der Waals surface area contributed by atoms with E-state index < -0.39 is 5.91 Å². The van der Waals surface area contributed by atoms with Gasteiger partial charge < -0.3 is 15.6 Å². The van der Waals surface area contributed by atoms with Crippen molar-refractivity contribution in [3.8, 4) is 11.4 Å². The predicted octanol–water partition coefficient (Wildman–Crippen LogP) is 3.06. The van der Waals surface area contributed by atoms with Gasteiger partial charge in [-0.15, -0.1) is 0 Å². The Kier molecular flexibility index (Phi) is 4.29. The first kappa shape index (κ1) is 15.7. The predicted molar refractivity (Wildman–Crippen MR) is 91.5 cm³/mol. The van der Waals surface area contributed by atoms with Crippen LogP contribution >= 0.6 is 0 Å². The van der Waals surface area contributed by atoms with Crippen molar-refractivity contribution >= 4 is 11.6 Å². The largest absolute Gasteiger partial charge is 0.376 e. The van der Waals surface area contributed by atoms with E-state index in [-0.39, 0.29) is 0 Å². The first-order valence-corrected chi connectivity index (χ1v) is 7.57. The number of hydrogen-bond donors (Lipinski definition) is 2. The minimum atomic E-state index is -0.448. The Morgan fingerprint density at radius 3 is 2.75 bits per heavy atom. The summed E-state index contributed by atoms with van der Waals surface area (Å²) in [7, 11) is 0. The van der Waals surface area contributed by atoms with Gasteiger partial charge in [-0.3, -0.25) is 4.79 Å². The van der Waals surface area contributed by atoms with Crippen molar-refractivity contribution in [2.24, 2.45) is 5.73 Å². The molecular weight excluding hydrogens is 304 g/mol. The molecule has 3 rings (SSSR count). The smallest absolute Gasteiger partial charge is 0.249 e. The van der Waals surface area contributed by atoms with Crippen molar-refractivity contribution in [2.75, 3.05) is 5.32 Å². The molecule has 0 aliphatic heterocycles. The van der Waals surface area contributed by atoms with Crippen LogP contribution < -0.4 is 11.1 Å². The number of amides is 1. The Bertz CT molecular complexity index is 886. The molecule has 1 amide bonds. The van der Waals surface area contributed by atoms with E-state index >= 15 is 0 Å². The highest BCUT2D eigenvalue weighted by Gasteiger charge is 2.11. The molecule has 0 spiro atoms. The van der Waals surface area contributed by atoms with Crippen molar-refractivity contribution in [3.63, 3.8) is 0 Å². The number of primary amides is 1. The van der Waals surface area contributed by atoms with E-state index in [1.807, 2.05) is 44.2 Å². The fourth-order valence-corrected chi connectivity index (χ4v) is 2.49. The molecule has 1 heterocycles. The summed E-state index contributed by atoms with van der Waals surface area (Å²) in [5.41, 5.74) is 9.51. The lowest BCUT2D eigenvalue weighted by Crippen LogP contribution is -2.14. The van der Waals surface area contributed by atoms with Crippen LogP contribution in [-0.2, 0) is 6.54 Å². The van der Waals surface area contributed by atoms with Crippen LogP contribution in [0.4, 0.5) is 5.69 Å². The maximum absolute atomic E-state index is 11.4. The molecule has 3 N–H and O–H groups in total. The summed E-state index contributed by atoms with van der Waals surface area (Å²) < 4.78 is 5.28. The molecule has 0 unspecified atom stereocenters. The standard InChI is InChI=1S/C18H18N4O2/c1-11-5-3-6-13(9-11)18-21-16(24-22-18)10-20-15-8-4-7-14(12(15)2)17(19)23/h3-9,20H,10H2,1-2H3,(H2,19,23). The quantitative estimate of drug-likeness (QED) is 0.753. The number of benzene rings is 2. The topological polar surface area (TPSA) is 94.0 Å². The molecule has 0 bridgehead atoms. The number of rotatable bonds is 5. The van der Waals surface area contributed by atoms with Crippen molar-refractivity contribution in [1.29, 1.82) is 0 Å². The van der Waals surface area contributed by atoms with Gasteiger partial charge in [0.05, 0.1) is 6.54 Å². The van der Waals surface area contributed by atoms with Crippen molar-refractivity contribution < 1.29 is 9.32 Å².